The van der Waals surface area contributed by atoms with Gasteiger partial charge in [-0.2, -0.15) is 0 Å². The fourth-order valence-corrected chi connectivity index (χ4v) is 4.58. The molecule has 1 saturated heterocycles. The third-order valence-corrected chi connectivity index (χ3v) is 6.05. The Balaban J connectivity index is 1.69. The van der Waals surface area contributed by atoms with E-state index in [1.807, 2.05) is 31.2 Å². The molecule has 1 heterocycles. The number of hydrogen-bond acceptors (Lipinski definition) is 7. The zero-order chi connectivity index (χ0) is 22.4. The van der Waals surface area contributed by atoms with Gasteiger partial charge in [-0.1, -0.05) is 47.7 Å². The number of benzene rings is 2. The van der Waals surface area contributed by atoms with Gasteiger partial charge in [0.25, 0.3) is 5.91 Å². The first-order valence-electron chi connectivity index (χ1n) is 9.50. The molecule has 6 nitrogen and oxygen atoms in total. The molecule has 1 aliphatic heterocycles. The average Bonchev–Trinajstić information content (AvgIpc) is 3.04. The number of thiocarbonyl (C=S) groups is 1. The number of hydrogen-bond donors (Lipinski definition) is 0. The minimum Gasteiger partial charge on any atom is -0.493 e. The summed E-state index contributed by atoms with van der Waals surface area (Å²) in [5.41, 5.74) is 0.719. The maximum atomic E-state index is 12.4. The van der Waals surface area contributed by atoms with Gasteiger partial charge < -0.3 is 18.9 Å². The highest BCUT2D eigenvalue weighted by Gasteiger charge is 2.30. The first kappa shape index (κ1) is 23.2. The van der Waals surface area contributed by atoms with Gasteiger partial charge in [0.05, 0.1) is 24.1 Å². The van der Waals surface area contributed by atoms with Crippen LogP contribution in [0.5, 0.6) is 23.0 Å². The summed E-state index contributed by atoms with van der Waals surface area (Å²) in [6.07, 6.45) is 1.75. The van der Waals surface area contributed by atoms with Gasteiger partial charge in [-0.05, 0) is 42.8 Å². The Morgan fingerprint density at radius 1 is 1.06 bits per heavy atom. The van der Waals surface area contributed by atoms with E-state index >= 15 is 0 Å². The fraction of sp³-hybridized carbons (Fsp3) is 0.273. The molecular weight excluding hydrogens is 458 g/mol. The second-order valence-electron chi connectivity index (χ2n) is 6.31. The van der Waals surface area contributed by atoms with E-state index in [9.17, 15) is 4.79 Å². The van der Waals surface area contributed by atoms with Gasteiger partial charge in [0, 0.05) is 6.54 Å². The van der Waals surface area contributed by atoms with Gasteiger partial charge in [-0.15, -0.1) is 0 Å². The average molecular weight is 480 g/mol. The summed E-state index contributed by atoms with van der Waals surface area (Å²) in [5, 5.41) is 0.369. The lowest BCUT2D eigenvalue weighted by Crippen LogP contribution is -2.27. The number of likely N-dealkylation sites (N-methyl/N-ethyl adjacent to an activating group) is 1. The molecule has 0 aromatic heterocycles. The fourth-order valence-electron chi connectivity index (χ4n) is 2.92. The maximum Gasteiger partial charge on any atom is 0.266 e. The van der Waals surface area contributed by atoms with Gasteiger partial charge >= 0.3 is 0 Å². The molecule has 0 unspecified atom stereocenters. The molecule has 1 amide bonds. The Morgan fingerprint density at radius 3 is 2.39 bits per heavy atom. The van der Waals surface area contributed by atoms with E-state index in [-0.39, 0.29) is 12.5 Å². The van der Waals surface area contributed by atoms with E-state index < -0.39 is 0 Å². The molecule has 164 valence electrons. The first-order chi connectivity index (χ1) is 15.0. The second kappa shape index (κ2) is 10.7. The lowest BCUT2D eigenvalue weighted by molar-refractivity contribution is -0.121. The molecule has 0 saturated carbocycles. The third kappa shape index (κ3) is 5.44. The summed E-state index contributed by atoms with van der Waals surface area (Å²) in [6.45, 7) is 2.97. The normalized spacial score (nSPS) is 14.8. The molecule has 3 rings (SSSR count). The number of nitrogens with zero attached hydrogens (tertiary/aromatic N) is 1. The van der Waals surface area contributed by atoms with E-state index in [4.69, 9.17) is 42.8 Å². The van der Waals surface area contributed by atoms with Crippen LogP contribution >= 0.6 is 35.6 Å². The molecule has 1 fully saturated rings. The van der Waals surface area contributed by atoms with Crippen LogP contribution in [0.3, 0.4) is 0 Å². The van der Waals surface area contributed by atoms with Crippen molar-refractivity contribution in [3.05, 3.63) is 51.9 Å². The number of halogens is 1. The van der Waals surface area contributed by atoms with E-state index in [2.05, 4.69) is 0 Å². The number of para-hydroxylation sites is 2. The van der Waals surface area contributed by atoms with Gasteiger partial charge in [-0.3, -0.25) is 9.69 Å². The van der Waals surface area contributed by atoms with Gasteiger partial charge in [-0.25, -0.2) is 0 Å². The van der Waals surface area contributed by atoms with Crippen LogP contribution < -0.4 is 18.9 Å². The van der Waals surface area contributed by atoms with Crippen LogP contribution in [0.15, 0.2) is 41.3 Å². The van der Waals surface area contributed by atoms with Gasteiger partial charge in [0.2, 0.25) is 0 Å². The van der Waals surface area contributed by atoms with E-state index in [1.54, 1.807) is 30.2 Å². The molecule has 9 heteroatoms. The van der Waals surface area contributed by atoms with Crippen molar-refractivity contribution in [2.75, 3.05) is 34.0 Å². The zero-order valence-corrected chi connectivity index (χ0v) is 19.7. The topological polar surface area (TPSA) is 57.2 Å². The highest BCUT2D eigenvalue weighted by molar-refractivity contribution is 8.26. The molecule has 0 radical (unpaired) electrons. The molecule has 0 spiro atoms. The summed E-state index contributed by atoms with van der Waals surface area (Å²) in [7, 11) is 3.12. The van der Waals surface area contributed by atoms with Gasteiger partial charge in [0.15, 0.2) is 23.0 Å². The van der Waals surface area contributed by atoms with Crippen molar-refractivity contribution < 1.29 is 23.7 Å². The lowest BCUT2D eigenvalue weighted by atomic mass is 10.1. The molecule has 31 heavy (non-hydrogen) atoms. The van der Waals surface area contributed by atoms with Crippen molar-refractivity contribution in [3.8, 4) is 23.0 Å². The number of carbonyl (C=O) groups excluding carboxylic acids is 1. The van der Waals surface area contributed by atoms with Crippen LogP contribution in [0.2, 0.25) is 5.02 Å². The van der Waals surface area contributed by atoms with Crippen molar-refractivity contribution in [1.82, 2.24) is 4.90 Å². The van der Waals surface area contributed by atoms with Gasteiger partial charge in [0.1, 0.15) is 17.5 Å². The van der Waals surface area contributed by atoms with E-state index in [1.165, 1.54) is 18.9 Å². The highest BCUT2D eigenvalue weighted by Crippen LogP contribution is 2.39. The number of methoxy groups -OCH3 is 2. The van der Waals surface area contributed by atoms with Crippen LogP contribution in [0.1, 0.15) is 12.5 Å². The minimum atomic E-state index is -0.110. The number of ether oxygens (including phenoxy) is 4. The Hall–Kier alpha value is -2.42. The summed E-state index contributed by atoms with van der Waals surface area (Å²) < 4.78 is 22.8. The molecule has 1 aliphatic rings. The van der Waals surface area contributed by atoms with Crippen LogP contribution in [0.4, 0.5) is 0 Å². The Kier molecular flexibility index (Phi) is 8.06. The third-order valence-electron chi connectivity index (χ3n) is 4.40. The largest absolute Gasteiger partial charge is 0.493 e. The molecule has 0 aliphatic carbocycles. The molecule has 2 aromatic rings. The van der Waals surface area contributed by atoms with Crippen LogP contribution in [0, 0.1) is 0 Å². The van der Waals surface area contributed by atoms with Crippen LogP contribution in [0.25, 0.3) is 6.08 Å². The first-order valence-corrected chi connectivity index (χ1v) is 11.1. The van der Waals surface area contributed by atoms with Crippen LogP contribution in [-0.4, -0.2) is 49.1 Å². The SMILES string of the molecule is CCN1C(=O)/C(=C/c2cc(Cl)c(OCCOc3ccccc3OC)c(OC)c2)SC1=S. The number of rotatable bonds is 9. The predicted molar refractivity (Wildman–Crippen MR) is 128 cm³/mol. The van der Waals surface area contributed by atoms with Crippen molar-refractivity contribution in [1.29, 1.82) is 0 Å². The summed E-state index contributed by atoms with van der Waals surface area (Å²) in [6, 6.07) is 10.9. The molecular formula is C22H22ClNO5S2. The number of thioether (sulfide) groups is 1. The Bertz CT molecular complexity index is 1010. The Morgan fingerprint density at radius 2 is 1.74 bits per heavy atom. The summed E-state index contributed by atoms with van der Waals surface area (Å²) in [5.74, 6) is 2.04. The quantitative estimate of drug-likeness (QED) is 0.284. The Labute approximate surface area is 196 Å². The highest BCUT2D eigenvalue weighted by atomic mass is 35.5. The van der Waals surface area contributed by atoms with E-state index in [0.29, 0.717) is 50.4 Å². The summed E-state index contributed by atoms with van der Waals surface area (Å²) >= 11 is 13.0. The van der Waals surface area contributed by atoms with E-state index in [0.717, 1.165) is 5.56 Å². The number of carbonyl (C=O) groups is 1. The summed E-state index contributed by atoms with van der Waals surface area (Å²) in [4.78, 5) is 14.5. The smallest absolute Gasteiger partial charge is 0.266 e. The number of amides is 1. The van der Waals surface area contributed by atoms with Crippen molar-refractivity contribution in [2.24, 2.45) is 0 Å². The molecule has 0 atom stereocenters. The lowest BCUT2D eigenvalue weighted by Gasteiger charge is -2.15. The molecule has 2 aromatic carbocycles. The maximum absolute atomic E-state index is 12.4. The predicted octanol–water partition coefficient (Wildman–Crippen LogP) is 5.04. The zero-order valence-electron chi connectivity index (χ0n) is 17.3. The van der Waals surface area contributed by atoms with Crippen molar-refractivity contribution >= 4 is 51.9 Å². The van der Waals surface area contributed by atoms with Crippen LogP contribution in [-0.2, 0) is 4.79 Å². The standard InChI is InChI=1S/C22H22ClNO5S2/c1-4-24-21(25)19(31-22(24)30)13-14-11-15(23)20(18(12-14)27-3)29-10-9-28-17-8-6-5-7-16(17)26-2/h5-8,11-13H,4,9-10H2,1-3H3/b19-13-. The molecule has 0 N–H and O–H groups in total. The second-order valence-corrected chi connectivity index (χ2v) is 8.39. The minimum absolute atomic E-state index is 0.110. The monoisotopic (exact) mass is 479 g/mol. The van der Waals surface area contributed by atoms with Crippen molar-refractivity contribution in [3.63, 3.8) is 0 Å². The molecule has 0 bridgehead atoms. The van der Waals surface area contributed by atoms with Crippen molar-refractivity contribution in [2.45, 2.75) is 6.92 Å².